The van der Waals surface area contributed by atoms with Crippen molar-refractivity contribution in [1.82, 2.24) is 10.6 Å². The normalized spacial score (nSPS) is 13.4. The predicted molar refractivity (Wildman–Crippen MR) is 137 cm³/mol. The minimum atomic E-state index is -0.633. The fraction of sp³-hybridized carbons (Fsp3) is 0.538. The van der Waals surface area contributed by atoms with Gasteiger partial charge in [-0.05, 0) is 76.3 Å². The van der Waals surface area contributed by atoms with Crippen LogP contribution in [0.3, 0.4) is 0 Å². The molecule has 0 spiro atoms. The van der Waals surface area contributed by atoms with Crippen molar-refractivity contribution in [1.29, 1.82) is 0 Å². The molecule has 0 fully saturated rings. The van der Waals surface area contributed by atoms with E-state index in [1.807, 2.05) is 24.3 Å². The Morgan fingerprint density at radius 2 is 1.88 bits per heavy atom. The summed E-state index contributed by atoms with van der Waals surface area (Å²) in [6, 6.07) is 6.89. The molecule has 7 nitrogen and oxygen atoms in total. The number of rotatable bonds is 14. The predicted octanol–water partition coefficient (Wildman–Crippen LogP) is 4.84. The highest BCUT2D eigenvalue weighted by Crippen LogP contribution is 2.17. The Labute approximate surface area is 208 Å². The third-order valence-electron chi connectivity index (χ3n) is 4.80. The second kappa shape index (κ2) is 15.5. The summed E-state index contributed by atoms with van der Waals surface area (Å²) in [5, 5.41) is 6.17. The van der Waals surface area contributed by atoms with Crippen molar-refractivity contribution in [2.75, 3.05) is 26.9 Å². The monoisotopic (exact) mass is 494 g/mol. The van der Waals surface area contributed by atoms with Crippen LogP contribution in [0, 0.1) is 0 Å². The van der Waals surface area contributed by atoms with Crippen molar-refractivity contribution in [2.45, 2.75) is 64.6 Å². The van der Waals surface area contributed by atoms with Crippen LogP contribution in [0.1, 0.15) is 51.7 Å². The summed E-state index contributed by atoms with van der Waals surface area (Å²) >= 11 is 5.65. The average Bonchev–Trinajstić information content (AvgIpc) is 2.75. The smallest absolute Gasteiger partial charge is 0.407 e. The molecule has 34 heavy (non-hydrogen) atoms. The molecule has 0 saturated carbocycles. The van der Waals surface area contributed by atoms with Gasteiger partial charge in [-0.15, -0.1) is 0 Å². The number of allylic oxidation sites excluding steroid dienone is 2. The summed E-state index contributed by atoms with van der Waals surface area (Å²) in [7, 11) is 1.64. The number of hydrogen-bond donors (Lipinski definition) is 2. The van der Waals surface area contributed by atoms with Crippen LogP contribution in [-0.2, 0) is 25.4 Å². The van der Waals surface area contributed by atoms with Crippen LogP contribution >= 0.6 is 11.6 Å². The summed E-state index contributed by atoms with van der Waals surface area (Å²) in [6.07, 6.45) is 2.79. The third kappa shape index (κ3) is 12.2. The van der Waals surface area contributed by atoms with Gasteiger partial charge in [0.05, 0.1) is 6.61 Å². The van der Waals surface area contributed by atoms with Crippen molar-refractivity contribution in [3.63, 3.8) is 0 Å². The number of hydrogen-bond acceptors (Lipinski definition) is 6. The van der Waals surface area contributed by atoms with Crippen molar-refractivity contribution in [2.24, 2.45) is 0 Å². The summed E-state index contributed by atoms with van der Waals surface area (Å²) in [4.78, 5) is 25.1. The quantitative estimate of drug-likeness (QED) is 0.219. The van der Waals surface area contributed by atoms with Gasteiger partial charge in [-0.3, -0.25) is 4.79 Å². The highest BCUT2D eigenvalue weighted by atomic mass is 35.5. The lowest BCUT2D eigenvalue weighted by Gasteiger charge is -2.26. The van der Waals surface area contributed by atoms with Gasteiger partial charge in [0.2, 0.25) is 0 Å². The molecule has 1 amide bonds. The van der Waals surface area contributed by atoms with E-state index in [2.05, 4.69) is 17.2 Å². The number of methoxy groups -OCH3 is 1. The number of nitrogens with one attached hydrogen (secondary N) is 2. The molecule has 0 bridgehead atoms. The first kappa shape index (κ1) is 29.7. The van der Waals surface area contributed by atoms with Crippen LogP contribution in [0.2, 0.25) is 0 Å². The van der Waals surface area contributed by atoms with Crippen LogP contribution in [0.4, 0.5) is 4.79 Å². The summed E-state index contributed by atoms with van der Waals surface area (Å²) in [5.74, 6) is -0.351. The number of amides is 1. The molecule has 2 unspecified atom stereocenters. The van der Waals surface area contributed by atoms with Crippen molar-refractivity contribution >= 4 is 29.2 Å². The molecule has 1 rings (SSSR count). The molecule has 8 heteroatoms. The van der Waals surface area contributed by atoms with E-state index in [-0.39, 0.29) is 18.6 Å². The summed E-state index contributed by atoms with van der Waals surface area (Å²) in [5.41, 5.74) is 3.53. The lowest BCUT2D eigenvalue weighted by molar-refractivity contribution is -0.146. The Hall–Kier alpha value is -2.35. The van der Waals surface area contributed by atoms with Gasteiger partial charge >= 0.3 is 12.1 Å². The SMILES string of the molecule is C=C(C=CCl)c1ccc(CC(CC(NCCCOC)C(=O)OCC)NC(=O)OC(C)(C)C)cc1. The molecule has 2 N–H and O–H groups in total. The fourth-order valence-electron chi connectivity index (χ4n) is 3.26. The van der Waals surface area contributed by atoms with Gasteiger partial charge in [-0.25, -0.2) is 4.79 Å². The Morgan fingerprint density at radius 1 is 1.21 bits per heavy atom. The molecule has 190 valence electrons. The van der Waals surface area contributed by atoms with E-state index in [1.54, 1.807) is 40.9 Å². The van der Waals surface area contributed by atoms with Crippen LogP contribution in [0.25, 0.3) is 5.57 Å². The first-order chi connectivity index (χ1) is 16.1. The van der Waals surface area contributed by atoms with Gasteiger partial charge in [-0.1, -0.05) is 42.4 Å². The molecule has 0 aliphatic heterocycles. The number of carbonyl (C=O) groups excluding carboxylic acids is 2. The topological polar surface area (TPSA) is 85.9 Å². The summed E-state index contributed by atoms with van der Waals surface area (Å²) < 4.78 is 15.8. The number of halogens is 1. The second-order valence-electron chi connectivity index (χ2n) is 8.90. The molecular formula is C26H39ClN2O5. The third-order valence-corrected chi connectivity index (χ3v) is 4.93. The zero-order chi connectivity index (χ0) is 25.6. The molecule has 0 radical (unpaired) electrons. The average molecular weight is 495 g/mol. The zero-order valence-electron chi connectivity index (χ0n) is 21.0. The fourth-order valence-corrected chi connectivity index (χ4v) is 3.41. The first-order valence-corrected chi connectivity index (χ1v) is 12.0. The van der Waals surface area contributed by atoms with E-state index >= 15 is 0 Å². The van der Waals surface area contributed by atoms with Crippen LogP contribution in [0.5, 0.6) is 0 Å². The van der Waals surface area contributed by atoms with E-state index in [0.29, 0.717) is 26.0 Å². The van der Waals surface area contributed by atoms with Gasteiger partial charge in [0.1, 0.15) is 11.6 Å². The number of benzene rings is 1. The highest BCUT2D eigenvalue weighted by molar-refractivity contribution is 6.26. The standard InChI is InChI=1S/C26H39ClN2O5/c1-7-33-24(30)23(28-15-8-16-32-6)18-22(29-25(31)34-26(3,4)5)17-20-9-11-21(12-10-20)19(2)13-14-27/h9-14,22-23,28H,2,7-8,15-18H2,1,3-6H3,(H,29,31). The number of ether oxygens (including phenoxy) is 3. The molecule has 1 aromatic carbocycles. The van der Waals surface area contributed by atoms with Gasteiger partial charge in [-0.2, -0.15) is 0 Å². The maximum atomic E-state index is 12.6. The lowest BCUT2D eigenvalue weighted by Crippen LogP contribution is -2.47. The van der Waals surface area contributed by atoms with E-state index in [4.69, 9.17) is 25.8 Å². The number of carbonyl (C=O) groups is 2. The first-order valence-electron chi connectivity index (χ1n) is 11.5. The largest absolute Gasteiger partial charge is 0.465 e. The Morgan fingerprint density at radius 3 is 2.44 bits per heavy atom. The molecule has 2 atom stereocenters. The van der Waals surface area contributed by atoms with Gasteiger partial charge < -0.3 is 24.8 Å². The maximum Gasteiger partial charge on any atom is 0.407 e. The maximum absolute atomic E-state index is 12.6. The van der Waals surface area contributed by atoms with Crippen LogP contribution in [0.15, 0.2) is 42.5 Å². The van der Waals surface area contributed by atoms with Crippen LogP contribution in [-0.4, -0.2) is 56.6 Å². The van der Waals surface area contributed by atoms with E-state index in [0.717, 1.165) is 23.1 Å². The van der Waals surface area contributed by atoms with Gasteiger partial charge in [0.15, 0.2) is 0 Å². The minimum absolute atomic E-state index is 0.279. The zero-order valence-corrected chi connectivity index (χ0v) is 21.7. The molecule has 0 aromatic heterocycles. The van der Waals surface area contributed by atoms with Gasteiger partial charge in [0.25, 0.3) is 0 Å². The van der Waals surface area contributed by atoms with E-state index < -0.39 is 17.7 Å². The van der Waals surface area contributed by atoms with Crippen LogP contribution < -0.4 is 10.6 Å². The Kier molecular flexibility index (Phi) is 13.6. The second-order valence-corrected chi connectivity index (χ2v) is 9.15. The molecule has 0 saturated heterocycles. The van der Waals surface area contributed by atoms with Crippen molar-refractivity contribution < 1.29 is 23.8 Å². The van der Waals surface area contributed by atoms with E-state index in [1.165, 1.54) is 5.54 Å². The molecular weight excluding hydrogens is 456 g/mol. The minimum Gasteiger partial charge on any atom is -0.465 e. The lowest BCUT2D eigenvalue weighted by atomic mass is 9.97. The van der Waals surface area contributed by atoms with Crippen molar-refractivity contribution in [3.8, 4) is 0 Å². The molecule has 1 aromatic rings. The Balaban J connectivity index is 3.03. The van der Waals surface area contributed by atoms with E-state index in [9.17, 15) is 9.59 Å². The molecule has 0 heterocycles. The van der Waals surface area contributed by atoms with Gasteiger partial charge in [0, 0.05) is 25.3 Å². The highest BCUT2D eigenvalue weighted by Gasteiger charge is 2.27. The molecule has 0 aliphatic carbocycles. The number of alkyl carbamates (subject to hydrolysis) is 1. The summed E-state index contributed by atoms with van der Waals surface area (Å²) in [6.45, 7) is 12.6. The molecule has 0 aliphatic rings. The Bertz CT molecular complexity index is 802. The van der Waals surface area contributed by atoms with Crippen molar-refractivity contribution in [3.05, 3.63) is 53.6 Å². The number of esters is 1.